The Morgan fingerprint density at radius 2 is 2.12 bits per heavy atom. The number of aliphatic hydroxyl groups is 1. The fourth-order valence-electron chi connectivity index (χ4n) is 5.18. The van der Waals surface area contributed by atoms with Crippen molar-refractivity contribution in [3.63, 3.8) is 0 Å². The lowest BCUT2D eigenvalue weighted by molar-refractivity contribution is 0.161. The van der Waals surface area contributed by atoms with Crippen LogP contribution in [-0.2, 0) is 0 Å². The second-order valence-electron chi connectivity index (χ2n) is 7.03. The maximum atomic E-state index is 9.46. The molecule has 0 saturated heterocycles. The largest absolute Gasteiger partial charge is 0.392 e. The van der Waals surface area contributed by atoms with E-state index in [-0.39, 0.29) is 6.61 Å². The maximum absolute atomic E-state index is 9.46. The van der Waals surface area contributed by atoms with Crippen LogP contribution in [0.4, 0.5) is 0 Å². The fourth-order valence-corrected chi connectivity index (χ4v) is 5.18. The van der Waals surface area contributed by atoms with Gasteiger partial charge in [-0.05, 0) is 59.8 Å². The van der Waals surface area contributed by atoms with Crippen molar-refractivity contribution in [2.45, 2.75) is 46.5 Å². The predicted molar refractivity (Wildman–Crippen MR) is 66.0 cm³/mol. The second-order valence-corrected chi connectivity index (χ2v) is 7.03. The van der Waals surface area contributed by atoms with E-state index in [0.29, 0.717) is 10.8 Å². The van der Waals surface area contributed by atoms with Crippen LogP contribution in [0.5, 0.6) is 0 Å². The molecule has 1 nitrogen and oxygen atoms in total. The average molecular weight is 220 g/mol. The van der Waals surface area contributed by atoms with Crippen molar-refractivity contribution in [1.82, 2.24) is 0 Å². The zero-order valence-corrected chi connectivity index (χ0v) is 10.8. The molecule has 0 aliphatic heterocycles. The quantitative estimate of drug-likeness (QED) is 0.672. The number of allylic oxidation sites excluding steroid dienone is 1. The van der Waals surface area contributed by atoms with E-state index in [9.17, 15) is 5.11 Å². The van der Waals surface area contributed by atoms with Crippen LogP contribution in [0.2, 0.25) is 0 Å². The highest BCUT2D eigenvalue weighted by atomic mass is 16.3. The highest BCUT2D eigenvalue weighted by Crippen LogP contribution is 2.70. The summed E-state index contributed by atoms with van der Waals surface area (Å²) in [5.41, 5.74) is 2.25. The lowest BCUT2D eigenvalue weighted by atomic mass is 9.69. The molecule has 0 aromatic rings. The van der Waals surface area contributed by atoms with Gasteiger partial charge in [-0.15, -0.1) is 0 Å². The van der Waals surface area contributed by atoms with Gasteiger partial charge in [0, 0.05) is 0 Å². The maximum Gasteiger partial charge on any atom is 0.0642 e. The minimum absolute atomic E-state index is 0.285. The first-order chi connectivity index (χ1) is 7.50. The predicted octanol–water partition coefficient (Wildman–Crippen LogP) is 3.39. The summed E-state index contributed by atoms with van der Waals surface area (Å²) < 4.78 is 0. The normalized spacial score (nSPS) is 49.0. The molecule has 2 saturated carbocycles. The molecule has 1 spiro atoms. The van der Waals surface area contributed by atoms with E-state index in [1.54, 1.807) is 0 Å². The van der Waals surface area contributed by atoms with Crippen LogP contribution in [0.25, 0.3) is 0 Å². The first-order valence-corrected chi connectivity index (χ1v) is 6.82. The zero-order valence-electron chi connectivity index (χ0n) is 10.8. The van der Waals surface area contributed by atoms with Gasteiger partial charge in [-0.3, -0.25) is 0 Å². The van der Waals surface area contributed by atoms with Crippen LogP contribution in [0.3, 0.4) is 0 Å². The van der Waals surface area contributed by atoms with Gasteiger partial charge in [-0.25, -0.2) is 0 Å². The standard InChI is InChI=1S/C15H24O/c1-10-4-5-13-14(2,3)12-6-11(9-16)7-15(10,13)8-12/h7,10,12-13,16H,4-6,8-9H2,1-3H3/t10-,12+,13+,15-/m1/s1. The Bertz CT molecular complexity index is 341. The Labute approximate surface area is 98.9 Å². The van der Waals surface area contributed by atoms with Crippen LogP contribution in [0.15, 0.2) is 11.6 Å². The van der Waals surface area contributed by atoms with Gasteiger partial charge in [0.15, 0.2) is 0 Å². The molecular formula is C15H24O. The molecule has 0 aromatic carbocycles. The molecule has 0 heterocycles. The second kappa shape index (κ2) is 3.13. The summed E-state index contributed by atoms with van der Waals surface area (Å²) in [5, 5.41) is 9.46. The Hall–Kier alpha value is -0.300. The molecule has 0 radical (unpaired) electrons. The third kappa shape index (κ3) is 1.11. The van der Waals surface area contributed by atoms with Crippen LogP contribution in [0, 0.1) is 28.6 Å². The number of aliphatic hydroxyl groups excluding tert-OH is 1. The molecule has 90 valence electrons. The van der Waals surface area contributed by atoms with Crippen LogP contribution in [0.1, 0.15) is 46.5 Å². The average Bonchev–Trinajstić information content (AvgIpc) is 2.63. The van der Waals surface area contributed by atoms with Gasteiger partial charge in [0.25, 0.3) is 0 Å². The van der Waals surface area contributed by atoms with Crippen LogP contribution in [-0.4, -0.2) is 11.7 Å². The fraction of sp³-hybridized carbons (Fsp3) is 0.867. The van der Waals surface area contributed by atoms with E-state index in [1.165, 1.54) is 24.8 Å². The Kier molecular flexibility index (Phi) is 2.12. The van der Waals surface area contributed by atoms with Crippen molar-refractivity contribution >= 4 is 0 Å². The Morgan fingerprint density at radius 3 is 2.81 bits per heavy atom. The number of hydrogen-bond donors (Lipinski definition) is 1. The topological polar surface area (TPSA) is 20.2 Å². The summed E-state index contributed by atoms with van der Waals surface area (Å²) in [7, 11) is 0. The molecule has 2 fully saturated rings. The van der Waals surface area contributed by atoms with Crippen LogP contribution >= 0.6 is 0 Å². The lowest BCUT2D eigenvalue weighted by Crippen LogP contribution is -2.29. The van der Waals surface area contributed by atoms with Gasteiger partial charge in [0.2, 0.25) is 0 Å². The molecule has 0 amide bonds. The van der Waals surface area contributed by atoms with Gasteiger partial charge < -0.3 is 5.11 Å². The van der Waals surface area contributed by atoms with E-state index in [0.717, 1.165) is 24.2 Å². The molecule has 3 aliphatic rings. The third-order valence-electron chi connectivity index (χ3n) is 6.19. The first-order valence-electron chi connectivity index (χ1n) is 6.82. The van der Waals surface area contributed by atoms with E-state index < -0.39 is 0 Å². The van der Waals surface area contributed by atoms with E-state index in [2.05, 4.69) is 26.8 Å². The molecule has 0 unspecified atom stereocenters. The summed E-state index contributed by atoms with van der Waals surface area (Å²) in [5.74, 6) is 2.50. The first kappa shape index (κ1) is 10.8. The van der Waals surface area contributed by atoms with Gasteiger partial charge in [0.1, 0.15) is 0 Å². The summed E-state index contributed by atoms with van der Waals surface area (Å²) in [6.45, 7) is 7.65. The van der Waals surface area contributed by atoms with Crippen molar-refractivity contribution in [3.8, 4) is 0 Å². The molecule has 4 atom stereocenters. The SMILES string of the molecule is C[C@@H]1CC[C@H]2C(C)(C)[C@H]3CC(CO)=C[C@@]12C3. The number of rotatable bonds is 1. The molecular weight excluding hydrogens is 196 g/mol. The monoisotopic (exact) mass is 220 g/mol. The minimum atomic E-state index is 0.285. The number of hydrogen-bond acceptors (Lipinski definition) is 1. The minimum Gasteiger partial charge on any atom is -0.392 e. The van der Waals surface area contributed by atoms with E-state index in [1.807, 2.05) is 0 Å². The van der Waals surface area contributed by atoms with Gasteiger partial charge in [-0.1, -0.05) is 26.8 Å². The van der Waals surface area contributed by atoms with E-state index in [4.69, 9.17) is 0 Å². The van der Waals surface area contributed by atoms with Crippen molar-refractivity contribution in [1.29, 1.82) is 0 Å². The molecule has 1 N–H and O–H groups in total. The Balaban J connectivity index is 2.09. The summed E-state index contributed by atoms with van der Waals surface area (Å²) >= 11 is 0. The summed E-state index contributed by atoms with van der Waals surface area (Å²) in [6, 6.07) is 0. The van der Waals surface area contributed by atoms with Gasteiger partial charge in [-0.2, -0.15) is 0 Å². The smallest absolute Gasteiger partial charge is 0.0642 e. The molecule has 3 aliphatic carbocycles. The summed E-state index contributed by atoms with van der Waals surface area (Å²) in [6.07, 6.45) is 7.81. The van der Waals surface area contributed by atoms with Gasteiger partial charge in [0.05, 0.1) is 6.61 Å². The van der Waals surface area contributed by atoms with E-state index >= 15 is 0 Å². The zero-order chi connectivity index (χ0) is 11.6. The Morgan fingerprint density at radius 1 is 1.38 bits per heavy atom. The molecule has 1 heteroatoms. The summed E-state index contributed by atoms with van der Waals surface area (Å²) in [4.78, 5) is 0. The van der Waals surface area contributed by atoms with Crippen molar-refractivity contribution in [2.75, 3.05) is 6.61 Å². The van der Waals surface area contributed by atoms with Crippen molar-refractivity contribution < 1.29 is 5.11 Å². The molecule has 3 rings (SSSR count). The lowest BCUT2D eigenvalue weighted by Gasteiger charge is -2.35. The van der Waals surface area contributed by atoms with Crippen molar-refractivity contribution in [2.24, 2.45) is 28.6 Å². The third-order valence-corrected chi connectivity index (χ3v) is 6.19. The highest BCUT2D eigenvalue weighted by molar-refractivity contribution is 5.27. The van der Waals surface area contributed by atoms with Gasteiger partial charge >= 0.3 is 0 Å². The van der Waals surface area contributed by atoms with Crippen molar-refractivity contribution in [3.05, 3.63) is 11.6 Å². The molecule has 16 heavy (non-hydrogen) atoms. The molecule has 0 aromatic heterocycles. The molecule has 2 bridgehead atoms. The number of fused-ring (bicyclic) bond motifs is 1. The highest BCUT2D eigenvalue weighted by Gasteiger charge is 2.62. The van der Waals surface area contributed by atoms with Crippen LogP contribution < -0.4 is 0 Å².